The van der Waals surface area contributed by atoms with Crippen LogP contribution in [0, 0.1) is 6.92 Å². The van der Waals surface area contributed by atoms with E-state index in [2.05, 4.69) is 10.3 Å². The molecule has 5 nitrogen and oxygen atoms in total. The molecule has 0 saturated heterocycles. The quantitative estimate of drug-likeness (QED) is 0.877. The lowest BCUT2D eigenvalue weighted by Gasteiger charge is -2.30. The van der Waals surface area contributed by atoms with Crippen molar-refractivity contribution in [3.63, 3.8) is 0 Å². The Balaban J connectivity index is 2.27. The zero-order valence-corrected chi connectivity index (χ0v) is 12.2. The molecule has 0 saturated carbocycles. The highest BCUT2D eigenvalue weighted by atomic mass is 16.3. The number of hydrogen-bond donors (Lipinski definition) is 2. The van der Waals surface area contributed by atoms with E-state index in [0.717, 1.165) is 18.5 Å². The fourth-order valence-corrected chi connectivity index (χ4v) is 2.21. The molecule has 0 aliphatic carbocycles. The van der Waals surface area contributed by atoms with Crippen LogP contribution in [0.25, 0.3) is 11.1 Å². The Morgan fingerprint density at radius 1 is 1.40 bits per heavy atom. The van der Waals surface area contributed by atoms with Gasteiger partial charge >= 0.3 is 0 Å². The lowest BCUT2D eigenvalue weighted by atomic mass is 9.93. The highest BCUT2D eigenvalue weighted by Crippen LogP contribution is 2.20. The minimum absolute atomic E-state index is 0.241. The first-order valence-electron chi connectivity index (χ1n) is 6.93. The number of amides is 1. The Hall–Kier alpha value is -1.88. The molecule has 108 valence electrons. The largest absolute Gasteiger partial charge is 0.449 e. The second kappa shape index (κ2) is 5.63. The molecule has 20 heavy (non-hydrogen) atoms. The van der Waals surface area contributed by atoms with E-state index in [1.165, 1.54) is 0 Å². The van der Waals surface area contributed by atoms with E-state index >= 15 is 0 Å². The third kappa shape index (κ3) is 2.67. The summed E-state index contributed by atoms with van der Waals surface area (Å²) in [4.78, 5) is 16.6. The summed E-state index contributed by atoms with van der Waals surface area (Å²) in [6.45, 7) is 6.34. The summed E-state index contributed by atoms with van der Waals surface area (Å²) in [6, 6.07) is 5.35. The number of nitrogens with one attached hydrogen (secondary N) is 1. The number of aromatic nitrogens is 1. The lowest BCUT2D eigenvalue weighted by Crippen LogP contribution is -2.52. The summed E-state index contributed by atoms with van der Waals surface area (Å²) in [5.74, 6) is 0.0348. The number of furan rings is 1. The van der Waals surface area contributed by atoms with Crippen molar-refractivity contribution in [2.75, 3.05) is 6.54 Å². The molecule has 0 atom stereocenters. The van der Waals surface area contributed by atoms with Gasteiger partial charge in [-0.3, -0.25) is 4.79 Å². The molecule has 0 radical (unpaired) electrons. The van der Waals surface area contributed by atoms with Crippen molar-refractivity contribution in [3.8, 4) is 0 Å². The van der Waals surface area contributed by atoms with Gasteiger partial charge in [-0.05, 0) is 31.9 Å². The molecular formula is C15H21N3O2. The number of nitrogens with zero attached hydrogens (tertiary/aromatic N) is 1. The van der Waals surface area contributed by atoms with Crippen LogP contribution in [-0.2, 0) is 0 Å². The Morgan fingerprint density at radius 3 is 2.70 bits per heavy atom. The summed E-state index contributed by atoms with van der Waals surface area (Å²) >= 11 is 0. The number of carbonyl (C=O) groups excluding carboxylic acids is 1. The Morgan fingerprint density at radius 2 is 2.10 bits per heavy atom. The number of fused-ring (bicyclic) bond motifs is 1. The van der Waals surface area contributed by atoms with Crippen molar-refractivity contribution in [1.82, 2.24) is 10.3 Å². The number of pyridine rings is 1. The zero-order chi connectivity index (χ0) is 14.8. The summed E-state index contributed by atoms with van der Waals surface area (Å²) < 4.78 is 5.55. The molecule has 1 amide bonds. The van der Waals surface area contributed by atoms with E-state index in [9.17, 15) is 4.79 Å². The van der Waals surface area contributed by atoms with Crippen molar-refractivity contribution in [2.24, 2.45) is 5.73 Å². The molecular weight excluding hydrogens is 254 g/mol. The molecule has 0 aromatic carbocycles. The van der Waals surface area contributed by atoms with E-state index in [-0.39, 0.29) is 17.2 Å². The van der Waals surface area contributed by atoms with Crippen LogP contribution in [-0.4, -0.2) is 23.0 Å². The van der Waals surface area contributed by atoms with Gasteiger partial charge in [0.2, 0.25) is 0 Å². The van der Waals surface area contributed by atoms with Crippen LogP contribution in [0.2, 0.25) is 0 Å². The average molecular weight is 275 g/mol. The predicted octanol–water partition coefficient (Wildman–Crippen LogP) is 2.38. The van der Waals surface area contributed by atoms with Gasteiger partial charge in [-0.2, -0.15) is 0 Å². The minimum Gasteiger partial charge on any atom is -0.449 e. The molecule has 2 heterocycles. The van der Waals surface area contributed by atoms with Crippen molar-refractivity contribution < 1.29 is 9.21 Å². The normalized spacial score (nSPS) is 11.8. The Bertz CT molecular complexity index is 606. The van der Waals surface area contributed by atoms with E-state index in [4.69, 9.17) is 10.2 Å². The van der Waals surface area contributed by atoms with Crippen LogP contribution >= 0.6 is 0 Å². The topological polar surface area (TPSA) is 81.1 Å². The van der Waals surface area contributed by atoms with Crippen molar-refractivity contribution in [1.29, 1.82) is 0 Å². The predicted molar refractivity (Wildman–Crippen MR) is 78.6 cm³/mol. The number of hydrogen-bond acceptors (Lipinski definition) is 4. The van der Waals surface area contributed by atoms with E-state index in [0.29, 0.717) is 17.6 Å². The average Bonchev–Trinajstić information content (AvgIpc) is 2.88. The van der Waals surface area contributed by atoms with Crippen LogP contribution in [0.4, 0.5) is 0 Å². The molecule has 2 aromatic rings. The molecule has 3 N–H and O–H groups in total. The second-order valence-corrected chi connectivity index (χ2v) is 5.09. The lowest BCUT2D eigenvalue weighted by molar-refractivity contribution is 0.0869. The maximum atomic E-state index is 12.3. The van der Waals surface area contributed by atoms with Crippen LogP contribution in [0.15, 0.2) is 22.6 Å². The molecule has 0 aliphatic heterocycles. The van der Waals surface area contributed by atoms with Gasteiger partial charge in [0.15, 0.2) is 11.3 Å². The van der Waals surface area contributed by atoms with Crippen LogP contribution in [0.5, 0.6) is 0 Å². The third-order valence-corrected chi connectivity index (χ3v) is 3.86. The smallest absolute Gasteiger partial charge is 0.287 e. The third-order valence-electron chi connectivity index (χ3n) is 3.86. The summed E-state index contributed by atoms with van der Waals surface area (Å²) in [5, 5.41) is 2.99. The summed E-state index contributed by atoms with van der Waals surface area (Å²) in [6.07, 6.45) is 1.56. The monoisotopic (exact) mass is 275 g/mol. The van der Waals surface area contributed by atoms with Gasteiger partial charge in [-0.25, -0.2) is 4.98 Å². The maximum Gasteiger partial charge on any atom is 0.287 e. The van der Waals surface area contributed by atoms with E-state index < -0.39 is 0 Å². The number of rotatable bonds is 5. The standard InChI is InChI=1S/C15H21N3O2/c1-4-15(5-2,9-16)18-14(19)13-8-11-12(20-13)7-6-10(3)17-11/h6-8H,4-5,9,16H2,1-3H3,(H,18,19). The highest BCUT2D eigenvalue weighted by molar-refractivity contribution is 5.95. The van der Waals surface area contributed by atoms with Crippen LogP contribution < -0.4 is 11.1 Å². The Labute approximate surface area is 118 Å². The first-order valence-corrected chi connectivity index (χ1v) is 6.93. The zero-order valence-electron chi connectivity index (χ0n) is 12.2. The fraction of sp³-hybridized carbons (Fsp3) is 0.467. The van der Waals surface area contributed by atoms with Gasteiger partial charge in [0.25, 0.3) is 5.91 Å². The second-order valence-electron chi connectivity index (χ2n) is 5.09. The molecule has 0 aliphatic rings. The molecule has 0 bridgehead atoms. The fourth-order valence-electron chi connectivity index (χ4n) is 2.21. The van der Waals surface area contributed by atoms with Gasteiger partial charge in [0, 0.05) is 18.3 Å². The van der Waals surface area contributed by atoms with Crippen molar-refractivity contribution >= 4 is 17.0 Å². The van der Waals surface area contributed by atoms with Gasteiger partial charge < -0.3 is 15.5 Å². The van der Waals surface area contributed by atoms with E-state index in [1.807, 2.05) is 32.9 Å². The Kier molecular flexibility index (Phi) is 4.09. The van der Waals surface area contributed by atoms with Gasteiger partial charge in [-0.1, -0.05) is 13.8 Å². The number of carbonyl (C=O) groups is 1. The first-order chi connectivity index (χ1) is 9.53. The summed E-state index contributed by atoms with van der Waals surface area (Å²) in [7, 11) is 0. The molecule has 2 rings (SSSR count). The molecule has 0 unspecified atom stereocenters. The van der Waals surface area contributed by atoms with Gasteiger partial charge in [-0.15, -0.1) is 0 Å². The number of aryl methyl sites for hydroxylation is 1. The first kappa shape index (κ1) is 14.5. The van der Waals surface area contributed by atoms with Crippen LogP contribution in [0.3, 0.4) is 0 Å². The van der Waals surface area contributed by atoms with Crippen molar-refractivity contribution in [2.45, 2.75) is 39.2 Å². The highest BCUT2D eigenvalue weighted by Gasteiger charge is 2.28. The molecule has 5 heteroatoms. The van der Waals surface area contributed by atoms with Crippen molar-refractivity contribution in [3.05, 3.63) is 29.7 Å². The van der Waals surface area contributed by atoms with Crippen LogP contribution in [0.1, 0.15) is 42.9 Å². The molecule has 0 fully saturated rings. The van der Waals surface area contributed by atoms with Gasteiger partial charge in [0.05, 0.1) is 5.54 Å². The molecule has 0 spiro atoms. The minimum atomic E-state index is -0.376. The van der Waals surface area contributed by atoms with E-state index in [1.54, 1.807) is 6.07 Å². The SMILES string of the molecule is CCC(CC)(CN)NC(=O)c1cc2nc(C)ccc2o1. The molecule has 2 aromatic heterocycles. The summed E-state index contributed by atoms with van der Waals surface area (Å²) in [5.41, 5.74) is 7.62. The maximum absolute atomic E-state index is 12.3. The number of nitrogens with two attached hydrogens (primary N) is 1. The van der Waals surface area contributed by atoms with Gasteiger partial charge in [0.1, 0.15) is 5.52 Å².